The molecule has 0 saturated heterocycles. The maximum absolute atomic E-state index is 12.0. The van der Waals surface area contributed by atoms with Gasteiger partial charge in [0.2, 0.25) is 5.95 Å². The van der Waals surface area contributed by atoms with Gasteiger partial charge in [0.25, 0.3) is 0 Å². The lowest BCUT2D eigenvalue weighted by Gasteiger charge is -2.08. The number of amides is 2. The molecule has 0 aliphatic rings. The number of benzene rings is 1. The van der Waals surface area contributed by atoms with Gasteiger partial charge < -0.3 is 14.9 Å². The van der Waals surface area contributed by atoms with Crippen LogP contribution in [0.15, 0.2) is 30.6 Å². The van der Waals surface area contributed by atoms with Crippen molar-refractivity contribution >= 4 is 23.1 Å². The van der Waals surface area contributed by atoms with E-state index in [4.69, 9.17) is 4.98 Å². The minimum absolute atomic E-state index is 0.196. The van der Waals surface area contributed by atoms with Crippen LogP contribution in [-0.4, -0.2) is 47.3 Å². The number of imidazole rings is 1. The van der Waals surface area contributed by atoms with Crippen LogP contribution in [0.3, 0.4) is 0 Å². The van der Waals surface area contributed by atoms with Crippen LogP contribution in [-0.2, 0) is 7.05 Å². The van der Waals surface area contributed by atoms with E-state index >= 15 is 0 Å². The Balaban J connectivity index is 1.93. The number of carbonyl (C=O) groups is 1. The first-order chi connectivity index (χ1) is 13.6. The molecule has 142 valence electrons. The number of anilines is 1. The highest BCUT2D eigenvalue weighted by Gasteiger charge is 2.20. The van der Waals surface area contributed by atoms with Gasteiger partial charge in [0, 0.05) is 19.2 Å². The van der Waals surface area contributed by atoms with Gasteiger partial charge in [-0.15, -0.1) is 10.2 Å². The van der Waals surface area contributed by atoms with Crippen LogP contribution in [0.2, 0.25) is 0 Å². The van der Waals surface area contributed by atoms with Crippen molar-refractivity contribution in [2.24, 2.45) is 7.05 Å². The second-order valence-corrected chi connectivity index (χ2v) is 6.25. The molecule has 0 atom stereocenters. The molecule has 3 N–H and O–H groups in total. The summed E-state index contributed by atoms with van der Waals surface area (Å²) in [6.45, 7) is 4.35. The van der Waals surface area contributed by atoms with E-state index in [2.05, 4.69) is 35.8 Å². The molecule has 0 fully saturated rings. The second-order valence-electron chi connectivity index (χ2n) is 6.25. The number of urea groups is 1. The molecule has 0 aliphatic carbocycles. The van der Waals surface area contributed by atoms with Gasteiger partial charge >= 0.3 is 6.03 Å². The third-order valence-corrected chi connectivity index (χ3v) is 4.20. The Hall–Kier alpha value is -3.82. The van der Waals surface area contributed by atoms with Gasteiger partial charge in [-0.3, -0.25) is 5.32 Å². The van der Waals surface area contributed by atoms with Gasteiger partial charge in [0.15, 0.2) is 17.3 Å². The molecule has 28 heavy (non-hydrogen) atoms. The number of carbonyl (C=O) groups excluding carboxylic acids is 1. The summed E-state index contributed by atoms with van der Waals surface area (Å²) in [5.41, 5.74) is 3.79. The number of aromatic amines is 1. The van der Waals surface area contributed by atoms with Gasteiger partial charge in [-0.2, -0.15) is 4.98 Å². The Kier molecular flexibility index (Phi) is 4.44. The monoisotopic (exact) mass is 377 g/mol. The maximum atomic E-state index is 12.0. The predicted molar refractivity (Wildman–Crippen MR) is 105 cm³/mol. The number of nitrogens with one attached hydrogen (secondary N) is 3. The smallest absolute Gasteiger partial charge is 0.321 e. The molecule has 0 bridgehead atoms. The summed E-state index contributed by atoms with van der Waals surface area (Å²) in [7, 11) is 1.83. The van der Waals surface area contributed by atoms with E-state index in [9.17, 15) is 4.79 Å². The fraction of sp³-hybridized carbons (Fsp3) is 0.222. The molecule has 3 aromatic heterocycles. The molecule has 0 saturated carbocycles. The molecule has 2 amide bonds. The number of H-pyrrole nitrogens is 1. The zero-order chi connectivity index (χ0) is 19.7. The summed E-state index contributed by atoms with van der Waals surface area (Å²) >= 11 is 0. The zero-order valence-corrected chi connectivity index (χ0v) is 15.7. The van der Waals surface area contributed by atoms with Gasteiger partial charge in [-0.1, -0.05) is 23.8 Å². The number of aryl methyl sites for hydroxylation is 2. The van der Waals surface area contributed by atoms with Crippen molar-refractivity contribution in [2.75, 3.05) is 11.9 Å². The summed E-state index contributed by atoms with van der Waals surface area (Å²) in [6, 6.07) is 7.56. The SMILES string of the molecule is CCNC(=O)Nc1nc(-c2cccc(C)c2)c2nc(-c3nnc[nH]3)n(C)c2n1. The van der Waals surface area contributed by atoms with Crippen molar-refractivity contribution in [1.29, 1.82) is 0 Å². The molecular weight excluding hydrogens is 358 g/mol. The summed E-state index contributed by atoms with van der Waals surface area (Å²) in [6.07, 6.45) is 1.49. The number of hydrogen-bond donors (Lipinski definition) is 3. The van der Waals surface area contributed by atoms with E-state index in [1.165, 1.54) is 6.33 Å². The molecular formula is C18H19N9O. The first-order valence-electron chi connectivity index (χ1n) is 8.79. The van der Waals surface area contributed by atoms with E-state index in [-0.39, 0.29) is 12.0 Å². The van der Waals surface area contributed by atoms with Crippen LogP contribution in [0.1, 0.15) is 12.5 Å². The minimum Gasteiger partial charge on any atom is -0.338 e. The standard InChI is InChI=1S/C18H19N9O/c1-4-19-18(28)25-17-23-12(11-7-5-6-10(2)8-11)13-15(24-17)27(3)16(22-13)14-20-9-21-26-14/h5-9H,4H2,1-3H3,(H,20,21,26)(H2,19,23,24,25,28). The van der Waals surface area contributed by atoms with E-state index in [1.54, 1.807) is 4.57 Å². The highest BCUT2D eigenvalue weighted by atomic mass is 16.2. The van der Waals surface area contributed by atoms with Gasteiger partial charge in [-0.05, 0) is 19.9 Å². The quantitative estimate of drug-likeness (QED) is 0.501. The normalized spacial score (nSPS) is 11.0. The summed E-state index contributed by atoms with van der Waals surface area (Å²) in [5, 5.41) is 13.2. The lowest BCUT2D eigenvalue weighted by Crippen LogP contribution is -2.29. The maximum Gasteiger partial charge on any atom is 0.321 e. The third kappa shape index (κ3) is 3.15. The van der Waals surface area contributed by atoms with Crippen LogP contribution < -0.4 is 10.6 Å². The van der Waals surface area contributed by atoms with Crippen LogP contribution in [0.4, 0.5) is 10.7 Å². The Bertz CT molecular complexity index is 1150. The fourth-order valence-corrected chi connectivity index (χ4v) is 2.94. The first-order valence-corrected chi connectivity index (χ1v) is 8.79. The Morgan fingerprint density at radius 2 is 2.11 bits per heavy atom. The summed E-state index contributed by atoms with van der Waals surface area (Å²) in [5.74, 6) is 1.29. The number of fused-ring (bicyclic) bond motifs is 1. The van der Waals surface area contributed by atoms with Crippen molar-refractivity contribution < 1.29 is 4.79 Å². The highest BCUT2D eigenvalue weighted by Crippen LogP contribution is 2.29. The van der Waals surface area contributed by atoms with Crippen LogP contribution in [0, 0.1) is 6.92 Å². The number of aromatic nitrogens is 7. The van der Waals surface area contributed by atoms with Crippen molar-refractivity contribution in [3.63, 3.8) is 0 Å². The molecule has 1 aromatic carbocycles. The van der Waals surface area contributed by atoms with Gasteiger partial charge in [-0.25, -0.2) is 14.8 Å². The van der Waals surface area contributed by atoms with Crippen LogP contribution in [0.25, 0.3) is 34.1 Å². The average Bonchev–Trinajstić information content (AvgIpc) is 3.30. The van der Waals surface area contributed by atoms with E-state index in [0.717, 1.165) is 11.1 Å². The molecule has 4 aromatic rings. The van der Waals surface area contributed by atoms with Crippen molar-refractivity contribution in [3.8, 4) is 22.9 Å². The number of nitrogens with zero attached hydrogens (tertiary/aromatic N) is 6. The summed E-state index contributed by atoms with van der Waals surface area (Å²) < 4.78 is 1.79. The topological polar surface area (TPSA) is 126 Å². The molecule has 10 heteroatoms. The molecule has 0 radical (unpaired) electrons. The fourth-order valence-electron chi connectivity index (χ4n) is 2.94. The number of hydrogen-bond acceptors (Lipinski definition) is 6. The molecule has 0 spiro atoms. The molecule has 4 rings (SSSR count). The van der Waals surface area contributed by atoms with E-state index in [1.807, 2.05) is 45.2 Å². The predicted octanol–water partition coefficient (Wildman–Crippen LogP) is 2.27. The zero-order valence-electron chi connectivity index (χ0n) is 15.7. The lowest BCUT2D eigenvalue weighted by molar-refractivity contribution is 0.252. The average molecular weight is 377 g/mol. The third-order valence-electron chi connectivity index (χ3n) is 4.20. The highest BCUT2D eigenvalue weighted by molar-refractivity contribution is 5.93. The minimum atomic E-state index is -0.366. The molecule has 10 nitrogen and oxygen atoms in total. The van der Waals surface area contributed by atoms with Crippen molar-refractivity contribution in [2.45, 2.75) is 13.8 Å². The van der Waals surface area contributed by atoms with Crippen LogP contribution in [0.5, 0.6) is 0 Å². The van der Waals surface area contributed by atoms with Gasteiger partial charge in [0.05, 0.1) is 0 Å². The largest absolute Gasteiger partial charge is 0.338 e. The summed E-state index contributed by atoms with van der Waals surface area (Å²) in [4.78, 5) is 28.7. The molecule has 0 aliphatic heterocycles. The van der Waals surface area contributed by atoms with E-state index in [0.29, 0.717) is 35.1 Å². The van der Waals surface area contributed by atoms with Gasteiger partial charge in [0.1, 0.15) is 17.5 Å². The van der Waals surface area contributed by atoms with Crippen molar-refractivity contribution in [1.82, 2.24) is 40.0 Å². The Morgan fingerprint density at radius 1 is 1.25 bits per heavy atom. The van der Waals surface area contributed by atoms with Crippen LogP contribution >= 0.6 is 0 Å². The Labute approximate surface area is 160 Å². The number of rotatable bonds is 4. The molecule has 3 heterocycles. The van der Waals surface area contributed by atoms with Crippen molar-refractivity contribution in [3.05, 3.63) is 36.2 Å². The second kappa shape index (κ2) is 7.06. The lowest BCUT2D eigenvalue weighted by atomic mass is 10.1. The molecule has 0 unspecified atom stereocenters. The Morgan fingerprint density at radius 3 is 2.82 bits per heavy atom. The first kappa shape index (κ1) is 17.6. The van der Waals surface area contributed by atoms with E-state index < -0.39 is 0 Å².